The number of aryl methyl sites for hydroxylation is 1. The zero-order valence-corrected chi connectivity index (χ0v) is 10.4. The average molecular weight is 254 g/mol. The summed E-state index contributed by atoms with van der Waals surface area (Å²) in [7, 11) is 0. The standard InChI is InChI=1S/C12H13ClFN3/c1-7-5-12(15)17(16-7)8(2)9-3-4-11(14)10(13)6-9/h3-6,8H,15H2,1-2H3. The van der Waals surface area contributed by atoms with E-state index in [1.54, 1.807) is 22.9 Å². The minimum absolute atomic E-state index is 0.0817. The molecule has 2 aromatic rings. The van der Waals surface area contributed by atoms with Crippen molar-refractivity contribution in [2.75, 3.05) is 5.73 Å². The topological polar surface area (TPSA) is 43.8 Å². The second-order valence-electron chi connectivity index (χ2n) is 4.00. The van der Waals surface area contributed by atoms with Crippen LogP contribution in [0.15, 0.2) is 24.3 Å². The minimum atomic E-state index is -0.424. The number of benzene rings is 1. The van der Waals surface area contributed by atoms with Gasteiger partial charge in [0.2, 0.25) is 0 Å². The molecule has 0 radical (unpaired) electrons. The van der Waals surface area contributed by atoms with Crippen molar-refractivity contribution >= 4 is 17.4 Å². The average Bonchev–Trinajstić information content (AvgIpc) is 2.61. The Bertz CT molecular complexity index is 551. The van der Waals surface area contributed by atoms with E-state index in [9.17, 15) is 4.39 Å². The first kappa shape index (κ1) is 11.9. The molecular formula is C12H13ClFN3. The van der Waals surface area contributed by atoms with Crippen LogP contribution < -0.4 is 5.73 Å². The normalized spacial score (nSPS) is 12.7. The molecule has 5 heteroatoms. The Morgan fingerprint density at radius 3 is 2.65 bits per heavy atom. The van der Waals surface area contributed by atoms with E-state index in [-0.39, 0.29) is 11.1 Å². The number of hydrogen-bond donors (Lipinski definition) is 1. The largest absolute Gasteiger partial charge is 0.384 e. The Balaban J connectivity index is 2.40. The zero-order chi connectivity index (χ0) is 12.6. The third-order valence-corrected chi connectivity index (χ3v) is 2.97. The third kappa shape index (κ3) is 2.26. The van der Waals surface area contributed by atoms with Crippen molar-refractivity contribution in [3.63, 3.8) is 0 Å². The Morgan fingerprint density at radius 1 is 1.41 bits per heavy atom. The maximum atomic E-state index is 13.1. The van der Waals surface area contributed by atoms with E-state index in [1.807, 2.05) is 13.8 Å². The number of nitrogens with two attached hydrogens (primary N) is 1. The summed E-state index contributed by atoms with van der Waals surface area (Å²) in [5.41, 5.74) is 7.56. The van der Waals surface area contributed by atoms with E-state index >= 15 is 0 Å². The van der Waals surface area contributed by atoms with Gasteiger partial charge < -0.3 is 5.73 Å². The molecule has 1 unspecified atom stereocenters. The molecule has 0 amide bonds. The quantitative estimate of drug-likeness (QED) is 0.893. The summed E-state index contributed by atoms with van der Waals surface area (Å²) in [6.45, 7) is 3.81. The zero-order valence-electron chi connectivity index (χ0n) is 9.61. The van der Waals surface area contributed by atoms with Crippen molar-refractivity contribution in [3.05, 3.63) is 46.4 Å². The molecule has 2 N–H and O–H groups in total. The fourth-order valence-electron chi connectivity index (χ4n) is 1.76. The van der Waals surface area contributed by atoms with Gasteiger partial charge in [-0.2, -0.15) is 5.10 Å². The number of rotatable bonds is 2. The minimum Gasteiger partial charge on any atom is -0.384 e. The van der Waals surface area contributed by atoms with Crippen LogP contribution >= 0.6 is 11.6 Å². The lowest BCUT2D eigenvalue weighted by molar-refractivity contribution is 0.565. The molecule has 0 bridgehead atoms. The van der Waals surface area contributed by atoms with Crippen LogP contribution in [-0.2, 0) is 0 Å². The van der Waals surface area contributed by atoms with Gasteiger partial charge in [-0.05, 0) is 31.5 Å². The molecule has 3 nitrogen and oxygen atoms in total. The Morgan fingerprint density at radius 2 is 2.12 bits per heavy atom. The van der Waals surface area contributed by atoms with Gasteiger partial charge >= 0.3 is 0 Å². The Labute approximate surface area is 104 Å². The van der Waals surface area contributed by atoms with Crippen LogP contribution in [0.3, 0.4) is 0 Å². The highest BCUT2D eigenvalue weighted by molar-refractivity contribution is 6.30. The van der Waals surface area contributed by atoms with Gasteiger partial charge in [-0.3, -0.25) is 0 Å². The second kappa shape index (κ2) is 4.37. The van der Waals surface area contributed by atoms with Crippen LogP contribution in [0, 0.1) is 12.7 Å². The number of nitrogens with zero attached hydrogens (tertiary/aromatic N) is 2. The van der Waals surface area contributed by atoms with Gasteiger partial charge in [0.25, 0.3) is 0 Å². The molecule has 0 fully saturated rings. The predicted octanol–water partition coefficient (Wildman–Crippen LogP) is 3.18. The molecule has 0 aliphatic carbocycles. The van der Waals surface area contributed by atoms with Crippen LogP contribution in [0.1, 0.15) is 24.2 Å². The first-order chi connectivity index (χ1) is 7.99. The van der Waals surface area contributed by atoms with Gasteiger partial charge in [-0.25, -0.2) is 9.07 Å². The van der Waals surface area contributed by atoms with Gasteiger partial charge in [0.15, 0.2) is 0 Å². The molecule has 0 saturated carbocycles. The summed E-state index contributed by atoms with van der Waals surface area (Å²) in [6, 6.07) is 6.34. The molecule has 0 aliphatic rings. The molecule has 1 heterocycles. The molecule has 1 aromatic carbocycles. The number of aromatic nitrogens is 2. The Hall–Kier alpha value is -1.55. The molecule has 0 saturated heterocycles. The lowest BCUT2D eigenvalue weighted by Crippen LogP contribution is -2.11. The first-order valence-corrected chi connectivity index (χ1v) is 5.63. The van der Waals surface area contributed by atoms with Gasteiger partial charge in [0, 0.05) is 6.07 Å². The molecule has 0 spiro atoms. The highest BCUT2D eigenvalue weighted by Crippen LogP contribution is 2.25. The maximum Gasteiger partial charge on any atom is 0.141 e. The fraction of sp³-hybridized carbons (Fsp3) is 0.250. The number of halogens is 2. The molecule has 1 aromatic heterocycles. The molecule has 90 valence electrons. The van der Waals surface area contributed by atoms with Gasteiger partial charge in [-0.1, -0.05) is 17.7 Å². The van der Waals surface area contributed by atoms with Crippen molar-refractivity contribution in [1.29, 1.82) is 0 Å². The van der Waals surface area contributed by atoms with Crippen molar-refractivity contribution < 1.29 is 4.39 Å². The van der Waals surface area contributed by atoms with E-state index in [0.717, 1.165) is 11.3 Å². The Kier molecular flexibility index (Phi) is 3.07. The number of anilines is 1. The van der Waals surface area contributed by atoms with E-state index in [1.165, 1.54) is 6.07 Å². The summed E-state index contributed by atoms with van der Waals surface area (Å²) < 4.78 is 14.8. The highest BCUT2D eigenvalue weighted by atomic mass is 35.5. The van der Waals surface area contributed by atoms with Crippen molar-refractivity contribution in [2.45, 2.75) is 19.9 Å². The summed E-state index contributed by atoms with van der Waals surface area (Å²) in [6.07, 6.45) is 0. The molecule has 17 heavy (non-hydrogen) atoms. The van der Waals surface area contributed by atoms with E-state index in [4.69, 9.17) is 17.3 Å². The van der Waals surface area contributed by atoms with Gasteiger partial charge in [0.1, 0.15) is 11.6 Å². The van der Waals surface area contributed by atoms with Crippen LogP contribution in [0.25, 0.3) is 0 Å². The van der Waals surface area contributed by atoms with Gasteiger partial charge in [0.05, 0.1) is 16.8 Å². The molecular weight excluding hydrogens is 241 g/mol. The van der Waals surface area contributed by atoms with Crippen LogP contribution in [0.4, 0.5) is 10.2 Å². The maximum absolute atomic E-state index is 13.1. The second-order valence-corrected chi connectivity index (χ2v) is 4.41. The number of nitrogen functional groups attached to an aromatic ring is 1. The smallest absolute Gasteiger partial charge is 0.141 e. The predicted molar refractivity (Wildman–Crippen MR) is 66.6 cm³/mol. The highest BCUT2D eigenvalue weighted by Gasteiger charge is 2.13. The van der Waals surface area contributed by atoms with Gasteiger partial charge in [-0.15, -0.1) is 0 Å². The molecule has 2 rings (SSSR count). The molecule has 0 aliphatic heterocycles. The summed E-state index contributed by atoms with van der Waals surface area (Å²) in [5, 5.41) is 4.40. The summed E-state index contributed by atoms with van der Waals surface area (Å²) in [5.74, 6) is 0.155. The first-order valence-electron chi connectivity index (χ1n) is 5.25. The van der Waals surface area contributed by atoms with Crippen molar-refractivity contribution in [3.8, 4) is 0 Å². The summed E-state index contributed by atoms with van der Waals surface area (Å²) in [4.78, 5) is 0. The van der Waals surface area contributed by atoms with Crippen LogP contribution in [-0.4, -0.2) is 9.78 Å². The van der Waals surface area contributed by atoms with Crippen molar-refractivity contribution in [2.24, 2.45) is 0 Å². The van der Waals surface area contributed by atoms with E-state index < -0.39 is 5.82 Å². The van der Waals surface area contributed by atoms with Crippen molar-refractivity contribution in [1.82, 2.24) is 9.78 Å². The SMILES string of the molecule is Cc1cc(N)n(C(C)c2ccc(F)c(Cl)c2)n1. The van der Waals surface area contributed by atoms with Crippen LogP contribution in [0.5, 0.6) is 0 Å². The number of hydrogen-bond acceptors (Lipinski definition) is 2. The monoisotopic (exact) mass is 253 g/mol. The van der Waals surface area contributed by atoms with E-state index in [2.05, 4.69) is 5.10 Å². The molecule has 1 atom stereocenters. The lowest BCUT2D eigenvalue weighted by atomic mass is 10.1. The fourth-order valence-corrected chi connectivity index (χ4v) is 1.95. The lowest BCUT2D eigenvalue weighted by Gasteiger charge is -2.14. The van der Waals surface area contributed by atoms with Crippen LogP contribution in [0.2, 0.25) is 5.02 Å². The third-order valence-electron chi connectivity index (χ3n) is 2.68. The summed E-state index contributed by atoms with van der Waals surface area (Å²) >= 11 is 5.75. The van der Waals surface area contributed by atoms with E-state index in [0.29, 0.717) is 5.82 Å².